The molecule has 5 heteroatoms. The molecule has 2 aliphatic rings. The molecule has 2 aliphatic carbocycles. The van der Waals surface area contributed by atoms with Crippen molar-refractivity contribution < 1.29 is 23.8 Å². The maximum atomic E-state index is 12.3. The standard InChI is InChI=1S/C25H36O5/c1-17(26)30-21-11-10-18(15-22(21)28-5)23(27)29-14-8-6-7-9-20-16-19-12-13-25(20,4)24(19,2)3/h10-11,15,19-20H,6-9,12-14,16H2,1-5H3. The van der Waals surface area contributed by atoms with Crippen molar-refractivity contribution in [3.05, 3.63) is 23.8 Å². The van der Waals surface area contributed by atoms with E-state index in [0.717, 1.165) is 24.7 Å². The minimum Gasteiger partial charge on any atom is -0.493 e. The summed E-state index contributed by atoms with van der Waals surface area (Å²) in [4.78, 5) is 23.4. The predicted octanol–water partition coefficient (Wildman–Crippen LogP) is 5.80. The number of fused-ring (bicyclic) bond motifs is 2. The smallest absolute Gasteiger partial charge is 0.338 e. The highest BCUT2D eigenvalue weighted by atomic mass is 16.6. The van der Waals surface area contributed by atoms with Gasteiger partial charge in [0.2, 0.25) is 0 Å². The maximum Gasteiger partial charge on any atom is 0.338 e. The fraction of sp³-hybridized carbons (Fsp3) is 0.680. The number of carbonyl (C=O) groups is 2. The molecule has 0 saturated heterocycles. The van der Waals surface area contributed by atoms with Crippen LogP contribution in [0.3, 0.4) is 0 Å². The number of benzene rings is 1. The summed E-state index contributed by atoms with van der Waals surface area (Å²) in [6.45, 7) is 9.19. The Kier molecular flexibility index (Phi) is 6.78. The van der Waals surface area contributed by atoms with Crippen LogP contribution in [0.25, 0.3) is 0 Å². The Labute approximate surface area is 180 Å². The third-order valence-electron chi connectivity index (χ3n) is 8.06. The molecule has 5 nitrogen and oxygen atoms in total. The van der Waals surface area contributed by atoms with E-state index in [0.29, 0.717) is 34.5 Å². The predicted molar refractivity (Wildman–Crippen MR) is 116 cm³/mol. The summed E-state index contributed by atoms with van der Waals surface area (Å²) >= 11 is 0. The van der Waals surface area contributed by atoms with Crippen molar-refractivity contribution in [2.75, 3.05) is 13.7 Å². The lowest BCUT2D eigenvalue weighted by Crippen LogP contribution is -2.32. The Bertz CT molecular complexity index is 784. The van der Waals surface area contributed by atoms with Crippen molar-refractivity contribution in [3.8, 4) is 11.5 Å². The second-order valence-corrected chi connectivity index (χ2v) is 9.75. The van der Waals surface area contributed by atoms with Gasteiger partial charge in [-0.25, -0.2) is 4.79 Å². The minimum absolute atomic E-state index is 0.291. The molecular weight excluding hydrogens is 380 g/mol. The topological polar surface area (TPSA) is 61.8 Å². The van der Waals surface area contributed by atoms with Gasteiger partial charge in [0.25, 0.3) is 0 Å². The lowest BCUT2D eigenvalue weighted by Gasteiger charge is -2.39. The van der Waals surface area contributed by atoms with Crippen LogP contribution >= 0.6 is 0 Å². The van der Waals surface area contributed by atoms with E-state index in [-0.39, 0.29) is 5.97 Å². The summed E-state index contributed by atoms with van der Waals surface area (Å²) < 4.78 is 15.7. The molecule has 3 rings (SSSR count). The van der Waals surface area contributed by atoms with Gasteiger partial charge in [0.05, 0.1) is 19.3 Å². The molecule has 2 fully saturated rings. The van der Waals surface area contributed by atoms with Gasteiger partial charge in [0.1, 0.15) is 0 Å². The molecule has 0 aromatic heterocycles. The lowest BCUT2D eigenvalue weighted by atomic mass is 9.65. The van der Waals surface area contributed by atoms with Crippen LogP contribution < -0.4 is 9.47 Å². The molecule has 0 aliphatic heterocycles. The van der Waals surface area contributed by atoms with E-state index in [2.05, 4.69) is 20.8 Å². The summed E-state index contributed by atoms with van der Waals surface area (Å²) in [6.07, 6.45) is 8.63. The van der Waals surface area contributed by atoms with E-state index in [1.54, 1.807) is 12.1 Å². The third kappa shape index (κ3) is 4.35. The Hall–Kier alpha value is -2.04. The average Bonchev–Trinajstić information content (AvgIpc) is 3.03. The zero-order valence-electron chi connectivity index (χ0n) is 19.1. The first kappa shape index (κ1) is 22.6. The molecule has 0 spiro atoms. The van der Waals surface area contributed by atoms with Gasteiger partial charge >= 0.3 is 11.9 Å². The summed E-state index contributed by atoms with van der Waals surface area (Å²) in [7, 11) is 1.47. The van der Waals surface area contributed by atoms with Crippen LogP contribution in [0, 0.1) is 22.7 Å². The number of hydrogen-bond acceptors (Lipinski definition) is 5. The number of methoxy groups -OCH3 is 1. The van der Waals surface area contributed by atoms with Gasteiger partial charge < -0.3 is 14.2 Å². The van der Waals surface area contributed by atoms with Crippen LogP contribution in [-0.2, 0) is 9.53 Å². The van der Waals surface area contributed by atoms with Crippen LogP contribution in [0.2, 0.25) is 0 Å². The van der Waals surface area contributed by atoms with Crippen LogP contribution in [-0.4, -0.2) is 25.7 Å². The average molecular weight is 417 g/mol. The highest BCUT2D eigenvalue weighted by Crippen LogP contribution is 2.68. The molecule has 1 aromatic carbocycles. The number of rotatable bonds is 9. The number of ether oxygens (including phenoxy) is 3. The largest absolute Gasteiger partial charge is 0.493 e. The fourth-order valence-electron chi connectivity index (χ4n) is 5.76. The summed E-state index contributed by atoms with van der Waals surface area (Å²) in [5.74, 6) is 1.55. The second kappa shape index (κ2) is 8.99. The summed E-state index contributed by atoms with van der Waals surface area (Å²) in [5, 5.41) is 0. The zero-order chi connectivity index (χ0) is 21.9. The molecule has 0 heterocycles. The van der Waals surface area contributed by atoms with E-state index < -0.39 is 5.97 Å². The van der Waals surface area contributed by atoms with Crippen molar-refractivity contribution in [3.63, 3.8) is 0 Å². The molecule has 0 N–H and O–H groups in total. The van der Waals surface area contributed by atoms with Gasteiger partial charge in [-0.1, -0.05) is 33.6 Å². The van der Waals surface area contributed by atoms with Crippen molar-refractivity contribution in [2.24, 2.45) is 22.7 Å². The molecule has 30 heavy (non-hydrogen) atoms. The first-order valence-corrected chi connectivity index (χ1v) is 11.2. The highest BCUT2D eigenvalue weighted by molar-refractivity contribution is 5.90. The fourth-order valence-corrected chi connectivity index (χ4v) is 5.76. The van der Waals surface area contributed by atoms with E-state index in [1.807, 2.05) is 0 Å². The van der Waals surface area contributed by atoms with E-state index in [4.69, 9.17) is 14.2 Å². The second-order valence-electron chi connectivity index (χ2n) is 9.75. The van der Waals surface area contributed by atoms with Crippen LogP contribution in [0.5, 0.6) is 11.5 Å². The van der Waals surface area contributed by atoms with Crippen LogP contribution in [0.1, 0.15) is 83.0 Å². The third-order valence-corrected chi connectivity index (χ3v) is 8.06. The van der Waals surface area contributed by atoms with Gasteiger partial charge in [-0.05, 0) is 73.0 Å². The molecule has 2 saturated carbocycles. The lowest BCUT2D eigenvalue weighted by molar-refractivity contribution is -0.132. The van der Waals surface area contributed by atoms with Crippen molar-refractivity contribution >= 4 is 11.9 Å². The molecule has 1 aromatic rings. The number of hydrogen-bond donors (Lipinski definition) is 0. The van der Waals surface area contributed by atoms with Gasteiger partial charge in [-0.15, -0.1) is 0 Å². The molecule has 0 radical (unpaired) electrons. The van der Waals surface area contributed by atoms with Gasteiger partial charge in [0, 0.05) is 6.92 Å². The Morgan fingerprint density at radius 2 is 1.87 bits per heavy atom. The number of esters is 2. The van der Waals surface area contributed by atoms with E-state index >= 15 is 0 Å². The SMILES string of the molecule is COc1cc(C(=O)OCCCCCC2CC3CCC2(C)C3(C)C)ccc1OC(C)=O. The van der Waals surface area contributed by atoms with Crippen molar-refractivity contribution in [1.82, 2.24) is 0 Å². The van der Waals surface area contributed by atoms with Crippen LogP contribution in [0.4, 0.5) is 0 Å². The van der Waals surface area contributed by atoms with E-state index in [1.165, 1.54) is 52.2 Å². The minimum atomic E-state index is -0.438. The summed E-state index contributed by atoms with van der Waals surface area (Å²) in [6, 6.07) is 4.67. The van der Waals surface area contributed by atoms with E-state index in [9.17, 15) is 9.59 Å². The number of carbonyl (C=O) groups excluding carboxylic acids is 2. The molecular formula is C25H36O5. The highest BCUT2D eigenvalue weighted by Gasteiger charge is 2.60. The maximum absolute atomic E-state index is 12.3. The van der Waals surface area contributed by atoms with Crippen molar-refractivity contribution in [2.45, 2.75) is 72.6 Å². The Morgan fingerprint density at radius 3 is 2.47 bits per heavy atom. The van der Waals surface area contributed by atoms with Gasteiger partial charge in [-0.2, -0.15) is 0 Å². The normalized spacial score (nSPS) is 26.4. The molecule has 2 bridgehead atoms. The quantitative estimate of drug-likeness (QED) is 0.289. The molecule has 3 unspecified atom stereocenters. The Balaban J connectivity index is 1.39. The first-order chi connectivity index (χ1) is 14.2. The zero-order valence-corrected chi connectivity index (χ0v) is 19.1. The molecule has 166 valence electrons. The van der Waals surface area contributed by atoms with Crippen molar-refractivity contribution in [1.29, 1.82) is 0 Å². The molecule has 0 amide bonds. The Morgan fingerprint density at radius 1 is 1.10 bits per heavy atom. The monoisotopic (exact) mass is 416 g/mol. The number of unbranched alkanes of at least 4 members (excludes halogenated alkanes) is 2. The summed E-state index contributed by atoms with van der Waals surface area (Å²) in [5.41, 5.74) is 1.38. The van der Waals surface area contributed by atoms with Gasteiger partial charge in [-0.3, -0.25) is 4.79 Å². The molecule has 3 atom stereocenters. The van der Waals surface area contributed by atoms with Crippen LogP contribution in [0.15, 0.2) is 18.2 Å². The van der Waals surface area contributed by atoms with Gasteiger partial charge in [0.15, 0.2) is 11.5 Å². The first-order valence-electron chi connectivity index (χ1n) is 11.2.